The molecule has 8 nitrogen and oxygen atoms in total. The predicted octanol–water partition coefficient (Wildman–Crippen LogP) is 2.59. The Labute approximate surface area is 215 Å². The Balaban J connectivity index is 1.69. The Morgan fingerprint density at radius 1 is 1.14 bits per heavy atom. The van der Waals surface area contributed by atoms with Gasteiger partial charge in [-0.25, -0.2) is 0 Å². The largest absolute Gasteiger partial charge is 0.379 e. The second kappa shape index (κ2) is 11.7. The molecule has 2 aromatic carbocycles. The fourth-order valence-corrected chi connectivity index (χ4v) is 4.18. The van der Waals surface area contributed by atoms with Crippen molar-refractivity contribution in [1.29, 1.82) is 0 Å². The van der Waals surface area contributed by atoms with Gasteiger partial charge in [-0.15, -0.1) is 0 Å². The SMILES string of the molecule is CN(C)CC#Cc1cc(CN2CCOCC2)cc2c(=O)c(C(=O)N(C)Cc3ccc(Cl)cc3)n[nH]c12. The van der Waals surface area contributed by atoms with Crippen LogP contribution in [0, 0.1) is 11.8 Å². The first-order chi connectivity index (χ1) is 17.3. The third kappa shape index (κ3) is 6.31. The molecule has 1 aliphatic heterocycles. The molecule has 0 unspecified atom stereocenters. The summed E-state index contributed by atoms with van der Waals surface area (Å²) < 4.78 is 5.46. The van der Waals surface area contributed by atoms with Gasteiger partial charge in [0.15, 0.2) is 5.69 Å². The first-order valence-electron chi connectivity index (χ1n) is 11.8. The lowest BCUT2D eigenvalue weighted by Gasteiger charge is -2.26. The van der Waals surface area contributed by atoms with Gasteiger partial charge in [0.1, 0.15) is 0 Å². The summed E-state index contributed by atoms with van der Waals surface area (Å²) >= 11 is 5.96. The Hall–Kier alpha value is -3.22. The zero-order valence-corrected chi connectivity index (χ0v) is 21.6. The summed E-state index contributed by atoms with van der Waals surface area (Å²) in [4.78, 5) is 32.4. The van der Waals surface area contributed by atoms with Gasteiger partial charge in [-0.3, -0.25) is 24.5 Å². The number of aromatic amines is 1. The molecule has 188 valence electrons. The molecule has 0 saturated carbocycles. The summed E-state index contributed by atoms with van der Waals surface area (Å²) in [5.41, 5.74) is 2.54. The quantitative estimate of drug-likeness (QED) is 0.516. The molecule has 1 saturated heterocycles. The molecule has 0 radical (unpaired) electrons. The van der Waals surface area contributed by atoms with Crippen molar-refractivity contribution in [3.8, 4) is 11.8 Å². The first kappa shape index (κ1) is 25.9. The summed E-state index contributed by atoms with van der Waals surface area (Å²) in [5.74, 6) is 5.87. The van der Waals surface area contributed by atoms with E-state index >= 15 is 0 Å². The number of carbonyl (C=O) groups excluding carboxylic acids is 1. The van der Waals surface area contributed by atoms with E-state index in [0.717, 1.165) is 24.2 Å². The van der Waals surface area contributed by atoms with Gasteiger partial charge in [0, 0.05) is 38.2 Å². The van der Waals surface area contributed by atoms with E-state index in [1.165, 1.54) is 4.90 Å². The molecular weight excluding hydrogens is 478 g/mol. The van der Waals surface area contributed by atoms with Crippen molar-refractivity contribution >= 4 is 28.4 Å². The van der Waals surface area contributed by atoms with Crippen LogP contribution >= 0.6 is 11.6 Å². The van der Waals surface area contributed by atoms with Crippen molar-refractivity contribution in [3.63, 3.8) is 0 Å². The van der Waals surface area contributed by atoms with Crippen LogP contribution in [0.5, 0.6) is 0 Å². The van der Waals surface area contributed by atoms with Crippen LogP contribution in [0.15, 0.2) is 41.2 Å². The normalized spacial score (nSPS) is 14.0. The van der Waals surface area contributed by atoms with Gasteiger partial charge in [-0.1, -0.05) is 35.6 Å². The van der Waals surface area contributed by atoms with Gasteiger partial charge < -0.3 is 9.64 Å². The van der Waals surface area contributed by atoms with Crippen molar-refractivity contribution in [2.45, 2.75) is 13.1 Å². The maximum absolute atomic E-state index is 13.5. The van der Waals surface area contributed by atoms with Crippen LogP contribution < -0.4 is 5.43 Å². The van der Waals surface area contributed by atoms with Gasteiger partial charge >= 0.3 is 0 Å². The monoisotopic (exact) mass is 507 g/mol. The van der Waals surface area contributed by atoms with Gasteiger partial charge in [-0.2, -0.15) is 5.10 Å². The highest BCUT2D eigenvalue weighted by Crippen LogP contribution is 2.19. The summed E-state index contributed by atoms with van der Waals surface area (Å²) in [6.07, 6.45) is 0. The van der Waals surface area contributed by atoms with E-state index < -0.39 is 11.3 Å². The Morgan fingerprint density at radius 2 is 1.86 bits per heavy atom. The molecule has 0 atom stereocenters. The molecule has 2 heterocycles. The lowest BCUT2D eigenvalue weighted by atomic mass is 10.0. The lowest BCUT2D eigenvalue weighted by molar-refractivity contribution is 0.0342. The molecule has 4 rings (SSSR count). The molecule has 0 bridgehead atoms. The van der Waals surface area contributed by atoms with Crippen LogP contribution in [0.3, 0.4) is 0 Å². The van der Waals surface area contributed by atoms with Crippen LogP contribution in [0.25, 0.3) is 10.9 Å². The van der Waals surface area contributed by atoms with E-state index in [0.29, 0.717) is 54.3 Å². The van der Waals surface area contributed by atoms with Crippen molar-refractivity contribution in [2.24, 2.45) is 0 Å². The van der Waals surface area contributed by atoms with Crippen molar-refractivity contribution < 1.29 is 9.53 Å². The number of fused-ring (bicyclic) bond motifs is 1. The number of halogens is 1. The number of morpholine rings is 1. The van der Waals surface area contributed by atoms with Gasteiger partial charge in [0.25, 0.3) is 5.91 Å². The Morgan fingerprint density at radius 3 is 2.56 bits per heavy atom. The second-order valence-corrected chi connectivity index (χ2v) is 9.62. The van der Waals surface area contributed by atoms with E-state index in [4.69, 9.17) is 16.3 Å². The van der Waals surface area contributed by atoms with Crippen LogP contribution in [0.4, 0.5) is 0 Å². The van der Waals surface area contributed by atoms with Crippen LogP contribution in [0.2, 0.25) is 5.02 Å². The highest BCUT2D eigenvalue weighted by Gasteiger charge is 2.21. The van der Waals surface area contributed by atoms with Gasteiger partial charge in [0.05, 0.1) is 36.2 Å². The number of hydrogen-bond donors (Lipinski definition) is 1. The molecule has 1 aromatic heterocycles. The summed E-state index contributed by atoms with van der Waals surface area (Å²) in [6, 6.07) is 11.1. The molecule has 0 spiro atoms. The predicted molar refractivity (Wildman–Crippen MR) is 141 cm³/mol. The zero-order valence-electron chi connectivity index (χ0n) is 20.8. The van der Waals surface area contributed by atoms with E-state index in [1.54, 1.807) is 19.2 Å². The summed E-state index contributed by atoms with van der Waals surface area (Å²) in [5, 5.41) is 8.15. The molecule has 1 aliphatic rings. The van der Waals surface area contributed by atoms with E-state index in [1.807, 2.05) is 43.3 Å². The standard InChI is InChI=1S/C27H30ClN5O3/c1-31(2)10-4-5-21-15-20(18-33-11-13-36-14-12-33)16-23-24(21)29-30-25(26(23)34)27(35)32(3)17-19-6-8-22(28)9-7-19/h6-9,15-16H,10-14,17-18H2,1-3H3,(H,29,34). The molecular formula is C27H30ClN5O3. The molecule has 1 fully saturated rings. The maximum Gasteiger partial charge on any atom is 0.278 e. The second-order valence-electron chi connectivity index (χ2n) is 9.18. The molecule has 3 aromatic rings. The molecule has 1 N–H and O–H groups in total. The maximum atomic E-state index is 13.5. The number of ether oxygens (including phenoxy) is 1. The number of hydrogen-bond acceptors (Lipinski definition) is 6. The number of H-pyrrole nitrogens is 1. The number of benzene rings is 2. The average Bonchev–Trinajstić information content (AvgIpc) is 2.86. The van der Waals surface area contributed by atoms with Crippen molar-refractivity contribution in [3.05, 3.63) is 74.0 Å². The van der Waals surface area contributed by atoms with E-state index in [9.17, 15) is 9.59 Å². The van der Waals surface area contributed by atoms with E-state index in [2.05, 4.69) is 26.9 Å². The molecule has 1 amide bonds. The highest BCUT2D eigenvalue weighted by molar-refractivity contribution is 6.30. The minimum atomic E-state index is -0.452. The zero-order chi connectivity index (χ0) is 25.7. The van der Waals surface area contributed by atoms with Crippen LogP contribution in [0.1, 0.15) is 27.2 Å². The molecule has 0 aliphatic carbocycles. The number of rotatable bonds is 6. The van der Waals surface area contributed by atoms with Crippen LogP contribution in [-0.4, -0.2) is 84.8 Å². The number of amides is 1. The van der Waals surface area contributed by atoms with Gasteiger partial charge in [0.2, 0.25) is 5.43 Å². The Kier molecular flexibility index (Phi) is 8.39. The minimum absolute atomic E-state index is 0.144. The number of aromatic nitrogens is 2. The number of carbonyl (C=O) groups is 1. The fraction of sp³-hybridized carbons (Fsp3) is 0.370. The lowest BCUT2D eigenvalue weighted by Crippen LogP contribution is -2.35. The first-order valence-corrected chi connectivity index (χ1v) is 12.2. The van der Waals surface area contributed by atoms with Crippen molar-refractivity contribution in [1.82, 2.24) is 24.9 Å². The topological polar surface area (TPSA) is 81.8 Å². The fourth-order valence-electron chi connectivity index (χ4n) is 4.05. The molecule has 9 heteroatoms. The number of nitrogens with zero attached hydrogens (tertiary/aromatic N) is 4. The van der Waals surface area contributed by atoms with E-state index in [-0.39, 0.29) is 5.69 Å². The van der Waals surface area contributed by atoms with Crippen molar-refractivity contribution in [2.75, 3.05) is 54.0 Å². The number of nitrogens with one attached hydrogen (secondary N) is 1. The highest BCUT2D eigenvalue weighted by atomic mass is 35.5. The minimum Gasteiger partial charge on any atom is -0.379 e. The van der Waals surface area contributed by atoms with Crippen LogP contribution in [-0.2, 0) is 17.8 Å². The third-order valence-corrected chi connectivity index (χ3v) is 6.20. The smallest absolute Gasteiger partial charge is 0.278 e. The third-order valence-electron chi connectivity index (χ3n) is 5.95. The molecule has 36 heavy (non-hydrogen) atoms. The van der Waals surface area contributed by atoms with Gasteiger partial charge in [-0.05, 0) is 49.5 Å². The summed E-state index contributed by atoms with van der Waals surface area (Å²) in [6.45, 7) is 4.60. The Bertz CT molecular complexity index is 1350. The summed E-state index contributed by atoms with van der Waals surface area (Å²) in [7, 11) is 5.54. The average molecular weight is 508 g/mol.